The maximum Gasteiger partial charge on any atom is 0.258 e. The van der Waals surface area contributed by atoms with E-state index in [1.165, 1.54) is 0 Å². The van der Waals surface area contributed by atoms with E-state index in [1.54, 1.807) is 0 Å². The first-order valence-corrected chi connectivity index (χ1v) is 7.52. The average Bonchev–Trinajstić information content (AvgIpc) is 2.51. The van der Waals surface area contributed by atoms with Crippen LogP contribution in [0.15, 0.2) is 24.3 Å². The Kier molecular flexibility index (Phi) is 7.79. The topological polar surface area (TPSA) is 67.6 Å². The number of hydrogen-bond donors (Lipinski definition) is 2. The summed E-state index contributed by atoms with van der Waals surface area (Å²) < 4.78 is 5.46. The molecule has 118 valence electrons. The molecule has 1 unspecified atom stereocenters. The number of ether oxygens (including phenoxy) is 1. The summed E-state index contributed by atoms with van der Waals surface area (Å²) in [4.78, 5) is 14.1. The van der Waals surface area contributed by atoms with Crippen LogP contribution in [-0.4, -0.2) is 43.1 Å². The Labute approximate surface area is 127 Å². The Hall–Kier alpha value is -1.59. The van der Waals surface area contributed by atoms with Gasteiger partial charge in [0.25, 0.3) is 5.91 Å². The summed E-state index contributed by atoms with van der Waals surface area (Å²) in [6.45, 7) is 9.60. The predicted molar refractivity (Wildman–Crippen MR) is 85.2 cm³/mol. The zero-order chi connectivity index (χ0) is 15.7. The zero-order valence-electron chi connectivity index (χ0n) is 13.3. The van der Waals surface area contributed by atoms with E-state index in [0.29, 0.717) is 12.3 Å². The van der Waals surface area contributed by atoms with Crippen LogP contribution in [0.3, 0.4) is 0 Å². The van der Waals surface area contributed by atoms with Crippen LogP contribution in [0, 0.1) is 0 Å². The van der Waals surface area contributed by atoms with Gasteiger partial charge in [-0.15, -0.1) is 0 Å². The molecule has 0 bridgehead atoms. The van der Waals surface area contributed by atoms with Crippen molar-refractivity contribution in [3.8, 4) is 5.75 Å². The van der Waals surface area contributed by atoms with Crippen molar-refractivity contribution in [3.05, 3.63) is 29.8 Å². The molecule has 0 spiro atoms. The molecule has 0 heterocycles. The minimum atomic E-state index is -0.0995. The highest BCUT2D eigenvalue weighted by atomic mass is 16.5. The molecule has 1 atom stereocenters. The first kappa shape index (κ1) is 17.5. The quantitative estimate of drug-likeness (QED) is 0.721. The minimum Gasteiger partial charge on any atom is -0.484 e. The van der Waals surface area contributed by atoms with Crippen molar-refractivity contribution < 1.29 is 9.53 Å². The van der Waals surface area contributed by atoms with Crippen LogP contribution in [0.5, 0.6) is 5.75 Å². The molecule has 0 aromatic heterocycles. The van der Waals surface area contributed by atoms with Crippen molar-refractivity contribution in [2.45, 2.75) is 33.4 Å². The van der Waals surface area contributed by atoms with Crippen LogP contribution >= 0.6 is 0 Å². The van der Waals surface area contributed by atoms with E-state index in [2.05, 4.69) is 24.1 Å². The number of nitrogens with zero attached hydrogens (tertiary/aromatic N) is 1. The number of benzene rings is 1. The number of nitrogens with two attached hydrogens (primary N) is 1. The number of carbonyl (C=O) groups excluding carboxylic acids is 1. The predicted octanol–water partition coefficient (Wildman–Crippen LogP) is 1.37. The van der Waals surface area contributed by atoms with Crippen molar-refractivity contribution in [1.29, 1.82) is 0 Å². The fourth-order valence-electron chi connectivity index (χ4n) is 2.10. The Bertz CT molecular complexity index is 416. The third-order valence-corrected chi connectivity index (χ3v) is 3.36. The van der Waals surface area contributed by atoms with Gasteiger partial charge in [-0.3, -0.25) is 4.79 Å². The van der Waals surface area contributed by atoms with Crippen molar-refractivity contribution in [2.75, 3.05) is 26.2 Å². The lowest BCUT2D eigenvalue weighted by atomic mass is 10.2. The Morgan fingerprint density at radius 2 is 1.90 bits per heavy atom. The lowest BCUT2D eigenvalue weighted by Crippen LogP contribution is -2.43. The molecule has 3 N–H and O–H groups in total. The molecule has 0 fully saturated rings. The normalized spacial score (nSPS) is 12.2. The lowest BCUT2D eigenvalue weighted by Gasteiger charge is -2.23. The SMILES string of the molecule is CCN(CC)CC(C)NC(=O)COc1ccc(CN)cc1. The smallest absolute Gasteiger partial charge is 0.258 e. The first-order chi connectivity index (χ1) is 10.1. The number of amides is 1. The summed E-state index contributed by atoms with van der Waals surface area (Å²) in [7, 11) is 0. The molecule has 5 heteroatoms. The zero-order valence-corrected chi connectivity index (χ0v) is 13.3. The minimum absolute atomic E-state index is 0.0323. The van der Waals surface area contributed by atoms with Gasteiger partial charge >= 0.3 is 0 Å². The Balaban J connectivity index is 2.32. The van der Waals surface area contributed by atoms with Crippen LogP contribution in [0.4, 0.5) is 0 Å². The van der Waals surface area contributed by atoms with E-state index in [1.807, 2.05) is 31.2 Å². The maximum atomic E-state index is 11.8. The average molecular weight is 293 g/mol. The van der Waals surface area contributed by atoms with E-state index < -0.39 is 0 Å². The summed E-state index contributed by atoms with van der Waals surface area (Å²) in [6, 6.07) is 7.57. The van der Waals surface area contributed by atoms with Gasteiger partial charge in [0.2, 0.25) is 0 Å². The third kappa shape index (κ3) is 6.60. The van der Waals surface area contributed by atoms with Crippen LogP contribution in [0.25, 0.3) is 0 Å². The molecule has 1 aromatic carbocycles. The molecular formula is C16H27N3O2. The van der Waals surface area contributed by atoms with Gasteiger partial charge in [0.05, 0.1) is 0 Å². The second-order valence-electron chi connectivity index (χ2n) is 5.09. The number of carbonyl (C=O) groups is 1. The standard InChI is InChI=1S/C16H27N3O2/c1-4-19(5-2)11-13(3)18-16(20)12-21-15-8-6-14(10-17)7-9-15/h6-9,13H,4-5,10-12,17H2,1-3H3,(H,18,20). The van der Waals surface area contributed by atoms with Gasteiger partial charge in [-0.25, -0.2) is 0 Å². The molecule has 0 saturated heterocycles. The summed E-state index contributed by atoms with van der Waals surface area (Å²) in [5, 5.41) is 2.95. The molecule has 0 aliphatic carbocycles. The van der Waals surface area contributed by atoms with Crippen LogP contribution in [0.1, 0.15) is 26.3 Å². The highest BCUT2D eigenvalue weighted by molar-refractivity contribution is 5.77. The fraction of sp³-hybridized carbons (Fsp3) is 0.562. The summed E-state index contributed by atoms with van der Waals surface area (Å²) in [6.07, 6.45) is 0. The van der Waals surface area contributed by atoms with Gasteiger partial charge in [-0.05, 0) is 37.7 Å². The summed E-state index contributed by atoms with van der Waals surface area (Å²) >= 11 is 0. The number of nitrogens with one attached hydrogen (secondary N) is 1. The number of likely N-dealkylation sites (N-methyl/N-ethyl adjacent to an activating group) is 1. The van der Waals surface area contributed by atoms with Crippen molar-refractivity contribution in [1.82, 2.24) is 10.2 Å². The van der Waals surface area contributed by atoms with Gasteiger partial charge in [-0.1, -0.05) is 26.0 Å². The van der Waals surface area contributed by atoms with Gasteiger partial charge in [-0.2, -0.15) is 0 Å². The highest BCUT2D eigenvalue weighted by Gasteiger charge is 2.10. The van der Waals surface area contributed by atoms with Gasteiger partial charge in [0.1, 0.15) is 5.75 Å². The summed E-state index contributed by atoms with van der Waals surface area (Å²) in [5.41, 5.74) is 6.57. The van der Waals surface area contributed by atoms with Gasteiger partial charge < -0.3 is 20.7 Å². The molecule has 0 radical (unpaired) electrons. The first-order valence-electron chi connectivity index (χ1n) is 7.52. The Morgan fingerprint density at radius 1 is 1.29 bits per heavy atom. The number of rotatable bonds is 9. The number of hydrogen-bond acceptors (Lipinski definition) is 4. The van der Waals surface area contributed by atoms with Gasteiger partial charge in [0, 0.05) is 19.1 Å². The van der Waals surface area contributed by atoms with Crippen molar-refractivity contribution >= 4 is 5.91 Å². The van der Waals surface area contributed by atoms with E-state index in [9.17, 15) is 4.79 Å². The van der Waals surface area contributed by atoms with E-state index >= 15 is 0 Å². The Morgan fingerprint density at radius 3 is 2.43 bits per heavy atom. The molecule has 0 aliphatic rings. The molecule has 0 aliphatic heterocycles. The highest BCUT2D eigenvalue weighted by Crippen LogP contribution is 2.11. The van der Waals surface area contributed by atoms with Crippen LogP contribution in [-0.2, 0) is 11.3 Å². The molecule has 21 heavy (non-hydrogen) atoms. The molecule has 0 saturated carbocycles. The molecular weight excluding hydrogens is 266 g/mol. The van der Waals surface area contributed by atoms with Crippen molar-refractivity contribution in [2.24, 2.45) is 5.73 Å². The largest absolute Gasteiger partial charge is 0.484 e. The summed E-state index contributed by atoms with van der Waals surface area (Å²) in [5.74, 6) is 0.580. The molecule has 1 aromatic rings. The monoisotopic (exact) mass is 293 g/mol. The fourth-order valence-corrected chi connectivity index (χ4v) is 2.10. The van der Waals surface area contributed by atoms with Crippen molar-refractivity contribution in [3.63, 3.8) is 0 Å². The van der Waals surface area contributed by atoms with Crippen LogP contribution < -0.4 is 15.8 Å². The molecule has 1 amide bonds. The van der Waals surface area contributed by atoms with Gasteiger partial charge in [0.15, 0.2) is 6.61 Å². The molecule has 1 rings (SSSR count). The van der Waals surface area contributed by atoms with Crippen LogP contribution in [0.2, 0.25) is 0 Å². The second kappa shape index (κ2) is 9.37. The van der Waals surface area contributed by atoms with E-state index in [4.69, 9.17) is 10.5 Å². The van der Waals surface area contributed by atoms with E-state index in [0.717, 1.165) is 25.2 Å². The molecule has 5 nitrogen and oxygen atoms in total. The second-order valence-corrected chi connectivity index (χ2v) is 5.09. The lowest BCUT2D eigenvalue weighted by molar-refractivity contribution is -0.123. The van der Waals surface area contributed by atoms with E-state index in [-0.39, 0.29) is 18.6 Å². The maximum absolute atomic E-state index is 11.8. The third-order valence-electron chi connectivity index (χ3n) is 3.36.